The molecule has 27 heavy (non-hydrogen) atoms. The Morgan fingerprint density at radius 3 is 2.52 bits per heavy atom. The van der Waals surface area contributed by atoms with Crippen LogP contribution in [0.3, 0.4) is 0 Å². The van der Waals surface area contributed by atoms with Crippen molar-refractivity contribution in [3.05, 3.63) is 17.7 Å². The topological polar surface area (TPSA) is 130 Å². The minimum Gasteiger partial charge on any atom is -0.506 e. The fourth-order valence-electron chi connectivity index (χ4n) is 4.58. The number of phenols is 2. The lowest BCUT2D eigenvalue weighted by atomic mass is 9.70. The lowest BCUT2D eigenvalue weighted by molar-refractivity contribution is -0.128. The Morgan fingerprint density at radius 2 is 2.00 bits per heavy atom. The van der Waals surface area contributed by atoms with E-state index < -0.39 is 49.8 Å². The zero-order valence-corrected chi connectivity index (χ0v) is 16.2. The number of ketones is 1. The summed E-state index contributed by atoms with van der Waals surface area (Å²) in [7, 11) is -2.99. The number of aromatic hydroxyl groups is 2. The Labute approximate surface area is 157 Å². The third kappa shape index (κ3) is 2.84. The van der Waals surface area contributed by atoms with E-state index in [0.717, 1.165) is 25.7 Å². The van der Waals surface area contributed by atoms with Gasteiger partial charge in [0.1, 0.15) is 22.8 Å². The monoisotopic (exact) mass is 397 g/mol. The molecule has 3 rings (SSSR count). The molecule has 2 bridgehead atoms. The highest BCUT2D eigenvalue weighted by Gasteiger charge is 2.65. The highest BCUT2D eigenvalue weighted by molar-refractivity contribution is 7.92. The smallest absolute Gasteiger partial charge is 0.341 e. The number of rotatable bonds is 5. The second kappa shape index (κ2) is 6.12. The first-order valence-corrected chi connectivity index (χ1v) is 10.3. The van der Waals surface area contributed by atoms with Crippen molar-refractivity contribution < 1.29 is 33.0 Å². The summed E-state index contributed by atoms with van der Waals surface area (Å²) in [4.78, 5) is 24.3. The average molecular weight is 397 g/mol. The minimum atomic E-state index is -4.10. The van der Waals surface area contributed by atoms with Crippen LogP contribution in [-0.2, 0) is 19.6 Å². The van der Waals surface area contributed by atoms with E-state index in [-0.39, 0.29) is 17.3 Å². The normalized spacial score (nSPS) is 26.2. The second-order valence-electron chi connectivity index (χ2n) is 7.88. The molecule has 0 saturated heterocycles. The van der Waals surface area contributed by atoms with Crippen LogP contribution in [0.5, 0.6) is 11.5 Å². The number of methoxy groups -OCH3 is 1. The van der Waals surface area contributed by atoms with Crippen LogP contribution in [-0.4, -0.2) is 43.2 Å². The first kappa shape index (κ1) is 19.5. The van der Waals surface area contributed by atoms with Gasteiger partial charge in [-0.05, 0) is 36.3 Å². The van der Waals surface area contributed by atoms with Crippen molar-refractivity contribution in [2.24, 2.45) is 16.7 Å². The predicted octanol–water partition coefficient (Wildman–Crippen LogP) is 2.02. The number of esters is 1. The summed E-state index contributed by atoms with van der Waals surface area (Å²) in [6, 6.07) is 2.20. The van der Waals surface area contributed by atoms with Gasteiger partial charge >= 0.3 is 5.97 Å². The fraction of sp³-hybridized carbons (Fsp3) is 0.556. The molecule has 0 spiro atoms. The predicted molar refractivity (Wildman–Crippen MR) is 97.1 cm³/mol. The molecule has 9 heteroatoms. The van der Waals surface area contributed by atoms with Crippen molar-refractivity contribution in [2.45, 2.75) is 33.1 Å². The first-order valence-electron chi connectivity index (χ1n) is 8.62. The van der Waals surface area contributed by atoms with Gasteiger partial charge in [-0.3, -0.25) is 9.52 Å². The molecular weight excluding hydrogens is 374 g/mol. The van der Waals surface area contributed by atoms with Gasteiger partial charge in [0.2, 0.25) is 10.0 Å². The van der Waals surface area contributed by atoms with Gasteiger partial charge in [-0.1, -0.05) is 13.8 Å². The molecule has 1 aromatic rings. The van der Waals surface area contributed by atoms with Crippen LogP contribution in [0, 0.1) is 16.7 Å². The number of sulfonamides is 1. The summed E-state index contributed by atoms with van der Waals surface area (Å²) < 4.78 is 32.3. The Morgan fingerprint density at radius 1 is 1.33 bits per heavy atom. The van der Waals surface area contributed by atoms with E-state index in [4.69, 9.17) is 0 Å². The summed E-state index contributed by atoms with van der Waals surface area (Å²) >= 11 is 0. The van der Waals surface area contributed by atoms with E-state index in [2.05, 4.69) is 9.46 Å². The fourth-order valence-corrected chi connectivity index (χ4v) is 6.49. The van der Waals surface area contributed by atoms with Crippen LogP contribution in [0.25, 0.3) is 0 Å². The number of Topliss-reactive ketones (excluding diaryl/α,β-unsaturated/α-hetero) is 1. The Balaban J connectivity index is 1.95. The van der Waals surface area contributed by atoms with Crippen molar-refractivity contribution in [3.8, 4) is 11.5 Å². The molecule has 2 atom stereocenters. The highest BCUT2D eigenvalue weighted by atomic mass is 32.2. The maximum Gasteiger partial charge on any atom is 0.341 e. The van der Waals surface area contributed by atoms with E-state index >= 15 is 0 Å². The largest absolute Gasteiger partial charge is 0.506 e. The van der Waals surface area contributed by atoms with Gasteiger partial charge in [-0.2, -0.15) is 0 Å². The van der Waals surface area contributed by atoms with Gasteiger partial charge < -0.3 is 14.9 Å². The van der Waals surface area contributed by atoms with Crippen molar-refractivity contribution in [1.29, 1.82) is 0 Å². The molecule has 1 aromatic carbocycles. The highest BCUT2D eigenvalue weighted by Crippen LogP contribution is 2.64. The number of phenolic OH excluding ortho intramolecular Hbond substituents is 2. The number of benzene rings is 1. The van der Waals surface area contributed by atoms with Crippen LogP contribution in [0.4, 0.5) is 5.69 Å². The SMILES string of the molecule is COC(=O)c1ccc(O)c(NS(=O)(=O)C[C@@]23CC[C@@H](CC2=O)C3(C)C)c1O. The summed E-state index contributed by atoms with van der Waals surface area (Å²) in [5.41, 5.74) is -2.23. The van der Waals surface area contributed by atoms with Crippen molar-refractivity contribution in [2.75, 3.05) is 17.6 Å². The van der Waals surface area contributed by atoms with Crippen molar-refractivity contribution in [3.63, 3.8) is 0 Å². The Kier molecular flexibility index (Phi) is 4.41. The van der Waals surface area contributed by atoms with Crippen molar-refractivity contribution in [1.82, 2.24) is 0 Å². The van der Waals surface area contributed by atoms with Gasteiger partial charge in [0.25, 0.3) is 0 Å². The zero-order valence-electron chi connectivity index (χ0n) is 15.4. The van der Waals surface area contributed by atoms with Crippen LogP contribution < -0.4 is 4.72 Å². The van der Waals surface area contributed by atoms with Crippen LogP contribution in [0.15, 0.2) is 12.1 Å². The quantitative estimate of drug-likeness (QED) is 0.512. The summed E-state index contributed by atoms with van der Waals surface area (Å²) in [5.74, 6) is -2.50. The number of hydrogen-bond acceptors (Lipinski definition) is 7. The van der Waals surface area contributed by atoms with Crippen LogP contribution in [0.1, 0.15) is 43.5 Å². The number of carbonyl (C=O) groups is 2. The number of fused-ring (bicyclic) bond motifs is 2. The lowest BCUT2D eigenvalue weighted by Gasteiger charge is -2.36. The molecule has 0 aromatic heterocycles. The molecule has 148 valence electrons. The standard InChI is InChI=1S/C18H23NO7S/c1-17(2)10-6-7-18(17,13(21)8-10)9-27(24,25)19-14-12(20)5-4-11(15(14)22)16(23)26-3/h4-5,10,19-20,22H,6-9H2,1-3H3/t10-,18-/m0/s1. The Bertz CT molecular complexity index is 922. The number of hydrogen-bond donors (Lipinski definition) is 3. The molecule has 2 aliphatic carbocycles. The maximum atomic E-state index is 12.8. The molecule has 0 unspecified atom stereocenters. The van der Waals surface area contributed by atoms with Crippen molar-refractivity contribution >= 4 is 27.5 Å². The molecule has 8 nitrogen and oxygen atoms in total. The third-order valence-electron chi connectivity index (χ3n) is 6.39. The molecule has 0 aliphatic heterocycles. The maximum absolute atomic E-state index is 12.8. The molecule has 0 heterocycles. The first-order chi connectivity index (χ1) is 12.4. The minimum absolute atomic E-state index is 0.0640. The van der Waals surface area contributed by atoms with Gasteiger partial charge in [0.15, 0.2) is 5.75 Å². The lowest BCUT2D eigenvalue weighted by Crippen LogP contribution is -2.43. The van der Waals surface area contributed by atoms with E-state index in [9.17, 15) is 28.2 Å². The number of nitrogens with one attached hydrogen (secondary N) is 1. The van der Waals surface area contributed by atoms with E-state index in [1.165, 1.54) is 0 Å². The zero-order chi connectivity index (χ0) is 20.2. The molecule has 3 N–H and O–H groups in total. The van der Waals surface area contributed by atoms with E-state index in [1.54, 1.807) is 0 Å². The second-order valence-corrected chi connectivity index (χ2v) is 9.60. The molecular formula is C18H23NO7S. The molecule has 0 radical (unpaired) electrons. The van der Waals surface area contributed by atoms with Gasteiger partial charge in [-0.15, -0.1) is 0 Å². The third-order valence-corrected chi connectivity index (χ3v) is 7.78. The number of anilines is 1. The van der Waals surface area contributed by atoms with Gasteiger partial charge in [0, 0.05) is 6.42 Å². The summed E-state index contributed by atoms with van der Waals surface area (Å²) in [5, 5.41) is 20.2. The molecule has 2 aliphatic rings. The number of ether oxygens (including phenoxy) is 1. The van der Waals surface area contributed by atoms with Gasteiger partial charge in [0.05, 0.1) is 18.3 Å². The number of carbonyl (C=O) groups excluding carboxylic acids is 2. The average Bonchev–Trinajstić information content (AvgIpc) is 2.92. The summed E-state index contributed by atoms with van der Waals surface area (Å²) in [6.45, 7) is 3.83. The van der Waals surface area contributed by atoms with E-state index in [0.29, 0.717) is 12.8 Å². The molecule has 0 amide bonds. The van der Waals surface area contributed by atoms with Crippen LogP contribution in [0.2, 0.25) is 0 Å². The van der Waals surface area contributed by atoms with E-state index in [1.807, 2.05) is 13.8 Å². The van der Waals surface area contributed by atoms with Crippen LogP contribution >= 0.6 is 0 Å². The molecule has 2 fully saturated rings. The van der Waals surface area contributed by atoms with Gasteiger partial charge in [-0.25, -0.2) is 13.2 Å². The molecule has 2 saturated carbocycles. The summed E-state index contributed by atoms with van der Waals surface area (Å²) in [6.07, 6.45) is 1.66. The Hall–Kier alpha value is -2.29.